The highest BCUT2D eigenvalue weighted by molar-refractivity contribution is 5.88. The zero-order chi connectivity index (χ0) is 8.91. The molecule has 0 heterocycles. The summed E-state index contributed by atoms with van der Waals surface area (Å²) in [5.41, 5.74) is 0. The normalized spacial score (nSPS) is 9.82. The van der Waals surface area contributed by atoms with E-state index in [1.54, 1.807) is 11.8 Å². The summed E-state index contributed by atoms with van der Waals surface area (Å²) in [5.74, 6) is 2.32. The summed E-state index contributed by atoms with van der Waals surface area (Å²) in [4.78, 5) is 10.1. The van der Waals surface area contributed by atoms with Crippen LogP contribution in [0.5, 0.6) is 0 Å². The second-order valence-corrected chi connectivity index (χ2v) is 1.59. The van der Waals surface area contributed by atoms with Crippen LogP contribution in [0.4, 0.5) is 13.2 Å². The molecule has 0 aliphatic carbocycles. The summed E-state index contributed by atoms with van der Waals surface area (Å²) in [6.45, 7) is 0. The fourth-order valence-corrected chi connectivity index (χ4v) is 0.268. The molecule has 0 aromatic heterocycles. The summed E-state index contributed by atoms with van der Waals surface area (Å²) < 4.78 is 38.1. The van der Waals surface area contributed by atoms with Crippen LogP contribution in [0, 0.1) is 11.8 Å². The summed E-state index contributed by atoms with van der Waals surface area (Å²) in [5, 5.41) is 0. The molecule has 0 saturated carbocycles. The second kappa shape index (κ2) is 3.86. The maximum absolute atomic E-state index is 11.4. The number of hydrogen-bond donors (Lipinski definition) is 0. The van der Waals surface area contributed by atoms with Crippen molar-refractivity contribution >= 4 is 5.97 Å². The third-order valence-corrected chi connectivity index (χ3v) is 0.665. The maximum Gasteiger partial charge on any atom is 0.399 e. The number of halogens is 3. The zero-order valence-electron chi connectivity index (χ0n) is 5.66. The fourth-order valence-electron chi connectivity index (χ4n) is 0.268. The smallest absolute Gasteiger partial charge is 0.399 e. The van der Waals surface area contributed by atoms with E-state index in [1.165, 1.54) is 0 Å². The summed E-state index contributed by atoms with van der Waals surface area (Å²) >= 11 is 0. The van der Waals surface area contributed by atoms with Crippen LogP contribution in [0.1, 0.15) is 6.42 Å². The highest BCUT2D eigenvalue weighted by atomic mass is 19.4. The first-order valence-electron chi connectivity index (χ1n) is 2.59. The van der Waals surface area contributed by atoms with Crippen molar-refractivity contribution in [2.75, 3.05) is 7.11 Å². The van der Waals surface area contributed by atoms with E-state index in [0.29, 0.717) is 0 Å². The molecular weight excluding hydrogens is 161 g/mol. The quantitative estimate of drug-likeness (QED) is 0.306. The maximum atomic E-state index is 11.4. The second-order valence-electron chi connectivity index (χ2n) is 1.59. The molecule has 0 aliphatic rings. The van der Waals surface area contributed by atoms with Crippen LogP contribution >= 0.6 is 0 Å². The highest BCUT2D eigenvalue weighted by Gasteiger charge is 2.25. The van der Waals surface area contributed by atoms with Crippen molar-refractivity contribution in [2.24, 2.45) is 0 Å². The average molecular weight is 166 g/mol. The van der Waals surface area contributed by atoms with Crippen molar-refractivity contribution in [3.05, 3.63) is 0 Å². The third-order valence-electron chi connectivity index (χ3n) is 0.665. The minimum atomic E-state index is -4.35. The van der Waals surface area contributed by atoms with Crippen molar-refractivity contribution in [2.45, 2.75) is 12.6 Å². The summed E-state index contributed by atoms with van der Waals surface area (Å²) in [7, 11) is 1.05. The summed E-state index contributed by atoms with van der Waals surface area (Å²) in [6, 6.07) is 0. The number of carbonyl (C=O) groups excluding carboxylic acids is 1. The number of alkyl halides is 3. The third kappa shape index (κ3) is 6.71. The van der Waals surface area contributed by atoms with E-state index >= 15 is 0 Å². The van der Waals surface area contributed by atoms with Gasteiger partial charge >= 0.3 is 12.1 Å². The van der Waals surface area contributed by atoms with Gasteiger partial charge in [-0.2, -0.15) is 13.2 Å². The first-order valence-corrected chi connectivity index (χ1v) is 2.59. The average Bonchev–Trinajstić information content (AvgIpc) is 1.85. The molecule has 62 valence electrons. The number of esters is 1. The number of methoxy groups -OCH3 is 1. The van der Waals surface area contributed by atoms with Gasteiger partial charge in [-0.15, -0.1) is 0 Å². The fraction of sp³-hybridized carbons (Fsp3) is 0.500. The van der Waals surface area contributed by atoms with Gasteiger partial charge in [-0.3, -0.25) is 0 Å². The Balaban J connectivity index is 3.83. The molecule has 0 fully saturated rings. The molecule has 0 amide bonds. The van der Waals surface area contributed by atoms with E-state index in [1.807, 2.05) is 0 Å². The molecule has 0 spiro atoms. The topological polar surface area (TPSA) is 26.3 Å². The molecule has 0 unspecified atom stereocenters. The Morgan fingerprint density at radius 2 is 2.09 bits per heavy atom. The first-order chi connectivity index (χ1) is 4.95. The highest BCUT2D eigenvalue weighted by Crippen LogP contribution is 2.17. The summed E-state index contributed by atoms with van der Waals surface area (Å²) in [6.07, 6.45) is -5.64. The molecule has 0 aromatic carbocycles. The Hall–Kier alpha value is -1.18. The van der Waals surface area contributed by atoms with E-state index in [-0.39, 0.29) is 0 Å². The van der Waals surface area contributed by atoms with Gasteiger partial charge in [-0.25, -0.2) is 4.79 Å². The first kappa shape index (κ1) is 9.82. The molecule has 0 bridgehead atoms. The molecule has 0 aromatic rings. The van der Waals surface area contributed by atoms with Crippen LogP contribution in [0.15, 0.2) is 0 Å². The molecule has 0 aliphatic heterocycles. The Kier molecular flexibility index (Phi) is 3.45. The van der Waals surface area contributed by atoms with Crippen molar-refractivity contribution in [1.82, 2.24) is 0 Å². The zero-order valence-corrected chi connectivity index (χ0v) is 5.66. The number of ether oxygens (including phenoxy) is 1. The molecule has 0 N–H and O–H groups in total. The predicted molar refractivity (Wildman–Crippen MR) is 30.5 cm³/mol. The van der Waals surface area contributed by atoms with E-state index in [9.17, 15) is 18.0 Å². The standard InChI is InChI=1S/C6H5F3O2/c1-11-5(10)3-2-4-6(7,8)9/h4H2,1H3. The van der Waals surface area contributed by atoms with Gasteiger partial charge in [0.05, 0.1) is 7.11 Å². The minimum absolute atomic E-state index is 0.964. The lowest BCUT2D eigenvalue weighted by atomic mass is 10.4. The van der Waals surface area contributed by atoms with Gasteiger partial charge in [0.1, 0.15) is 6.42 Å². The van der Waals surface area contributed by atoms with Crippen LogP contribution in [-0.4, -0.2) is 19.3 Å². The van der Waals surface area contributed by atoms with Crippen LogP contribution < -0.4 is 0 Å². The lowest BCUT2D eigenvalue weighted by Gasteiger charge is -1.97. The van der Waals surface area contributed by atoms with Gasteiger partial charge < -0.3 is 4.74 Å². The van der Waals surface area contributed by atoms with Gasteiger partial charge in [0.25, 0.3) is 0 Å². The molecule has 11 heavy (non-hydrogen) atoms. The number of rotatable bonds is 0. The number of carbonyl (C=O) groups is 1. The Bertz CT molecular complexity index is 196. The van der Waals surface area contributed by atoms with E-state index in [4.69, 9.17) is 0 Å². The molecule has 0 rings (SSSR count). The van der Waals surface area contributed by atoms with Crippen LogP contribution in [0.3, 0.4) is 0 Å². The monoisotopic (exact) mass is 166 g/mol. The predicted octanol–water partition coefficient (Wildman–Crippen LogP) is 1.12. The van der Waals surface area contributed by atoms with Crippen molar-refractivity contribution in [1.29, 1.82) is 0 Å². The molecule has 5 heteroatoms. The van der Waals surface area contributed by atoms with Gasteiger partial charge in [0, 0.05) is 5.92 Å². The van der Waals surface area contributed by atoms with Gasteiger partial charge in [0.2, 0.25) is 0 Å². The van der Waals surface area contributed by atoms with Crippen LogP contribution in [0.25, 0.3) is 0 Å². The Labute approximate surface area is 61.3 Å². The largest absolute Gasteiger partial charge is 0.459 e. The van der Waals surface area contributed by atoms with Crippen molar-refractivity contribution in [3.8, 4) is 11.8 Å². The minimum Gasteiger partial charge on any atom is -0.459 e. The van der Waals surface area contributed by atoms with Gasteiger partial charge in [0.15, 0.2) is 0 Å². The lowest BCUT2D eigenvalue weighted by molar-refractivity contribution is -0.133. The lowest BCUT2D eigenvalue weighted by Crippen LogP contribution is -2.05. The Morgan fingerprint density at radius 1 is 1.55 bits per heavy atom. The van der Waals surface area contributed by atoms with Gasteiger partial charge in [-0.05, 0) is 0 Å². The molecule has 0 saturated heterocycles. The Morgan fingerprint density at radius 3 is 2.45 bits per heavy atom. The SMILES string of the molecule is COC(=O)C#CCC(F)(F)F. The van der Waals surface area contributed by atoms with E-state index in [0.717, 1.165) is 7.11 Å². The molecule has 0 radical (unpaired) electrons. The van der Waals surface area contributed by atoms with Crippen LogP contribution in [0.2, 0.25) is 0 Å². The van der Waals surface area contributed by atoms with E-state index in [2.05, 4.69) is 4.74 Å². The van der Waals surface area contributed by atoms with Crippen molar-refractivity contribution in [3.63, 3.8) is 0 Å². The molecule has 0 atom stereocenters. The van der Waals surface area contributed by atoms with Crippen molar-refractivity contribution < 1.29 is 22.7 Å². The van der Waals surface area contributed by atoms with Crippen LogP contribution in [-0.2, 0) is 9.53 Å². The molecule has 2 nitrogen and oxygen atoms in total. The molecular formula is C6H5F3O2. The van der Waals surface area contributed by atoms with E-state index < -0.39 is 18.6 Å². The number of hydrogen-bond acceptors (Lipinski definition) is 2. The van der Waals surface area contributed by atoms with Gasteiger partial charge in [-0.1, -0.05) is 5.92 Å².